The maximum Gasteiger partial charge on any atom is 0.405 e. The molecule has 2 heterocycles. The van der Waals surface area contributed by atoms with Crippen molar-refractivity contribution in [3.63, 3.8) is 0 Å². The summed E-state index contributed by atoms with van der Waals surface area (Å²) in [4.78, 5) is 17.6. The Balaban J connectivity index is 1.71. The molecule has 0 saturated carbocycles. The van der Waals surface area contributed by atoms with Gasteiger partial charge in [0.2, 0.25) is 5.82 Å². The molecule has 2 N–H and O–H groups in total. The zero-order valence-corrected chi connectivity index (χ0v) is 23.1. The quantitative estimate of drug-likeness (QED) is 0.405. The Hall–Kier alpha value is -3.64. The molecule has 216 valence electrons. The highest BCUT2D eigenvalue weighted by molar-refractivity contribution is 5.92. The summed E-state index contributed by atoms with van der Waals surface area (Å²) in [5.74, 6) is -0.911. The van der Waals surface area contributed by atoms with Gasteiger partial charge in [-0.2, -0.15) is 13.2 Å². The number of nitrogens with one attached hydrogen (secondary N) is 1. The number of nitrogens with zero attached hydrogens (tertiary/aromatic N) is 5. The third-order valence-corrected chi connectivity index (χ3v) is 7.04. The van der Waals surface area contributed by atoms with E-state index in [4.69, 9.17) is 4.74 Å². The lowest BCUT2D eigenvalue weighted by Gasteiger charge is -2.34. The molecule has 0 aliphatic carbocycles. The topological polar surface area (TPSA) is 95.8 Å². The molecular weight excluding hydrogens is 525 g/mol. The molecule has 1 amide bonds. The van der Waals surface area contributed by atoms with Gasteiger partial charge in [0.25, 0.3) is 5.91 Å². The summed E-state index contributed by atoms with van der Waals surface area (Å²) in [5.41, 5.74) is 2.58. The van der Waals surface area contributed by atoms with Gasteiger partial charge < -0.3 is 20.1 Å². The summed E-state index contributed by atoms with van der Waals surface area (Å²) in [5, 5.41) is 20.8. The molecule has 1 fully saturated rings. The van der Waals surface area contributed by atoms with E-state index in [9.17, 15) is 23.1 Å². The number of piperazine rings is 1. The van der Waals surface area contributed by atoms with Crippen LogP contribution in [0.3, 0.4) is 0 Å². The molecule has 2 aromatic carbocycles. The van der Waals surface area contributed by atoms with E-state index < -0.39 is 18.6 Å². The van der Waals surface area contributed by atoms with Gasteiger partial charge in [0, 0.05) is 44.5 Å². The number of halogens is 3. The summed E-state index contributed by atoms with van der Waals surface area (Å²) < 4.78 is 45.3. The maximum atomic E-state index is 12.8. The molecule has 0 atom stereocenters. The van der Waals surface area contributed by atoms with Gasteiger partial charge >= 0.3 is 6.18 Å². The van der Waals surface area contributed by atoms with Crippen molar-refractivity contribution in [1.29, 1.82) is 0 Å². The van der Waals surface area contributed by atoms with Crippen LogP contribution >= 0.6 is 0 Å². The highest BCUT2D eigenvalue weighted by Gasteiger charge is 2.30. The third kappa shape index (κ3) is 6.73. The van der Waals surface area contributed by atoms with Crippen molar-refractivity contribution in [3.8, 4) is 28.6 Å². The third-order valence-electron chi connectivity index (χ3n) is 7.04. The highest BCUT2D eigenvalue weighted by Crippen LogP contribution is 2.38. The summed E-state index contributed by atoms with van der Waals surface area (Å²) in [6.45, 7) is 10.3. The van der Waals surface area contributed by atoms with E-state index in [1.165, 1.54) is 17.7 Å². The van der Waals surface area contributed by atoms with Crippen LogP contribution in [0.15, 0.2) is 36.4 Å². The van der Waals surface area contributed by atoms with Crippen molar-refractivity contribution in [2.45, 2.75) is 39.4 Å². The molecule has 0 radical (unpaired) electrons. The molecule has 1 saturated heterocycles. The summed E-state index contributed by atoms with van der Waals surface area (Å²) in [6.07, 6.45) is -4.59. The zero-order valence-electron chi connectivity index (χ0n) is 23.1. The lowest BCUT2D eigenvalue weighted by molar-refractivity contribution is -0.123. The Morgan fingerprint density at radius 3 is 2.30 bits per heavy atom. The Bertz CT molecular complexity index is 1320. The molecule has 0 bridgehead atoms. The second-order valence-electron chi connectivity index (χ2n) is 10.1. The smallest absolute Gasteiger partial charge is 0.405 e. The van der Waals surface area contributed by atoms with Crippen LogP contribution in [0.5, 0.6) is 11.5 Å². The second-order valence-corrected chi connectivity index (χ2v) is 10.1. The van der Waals surface area contributed by atoms with Crippen molar-refractivity contribution < 1.29 is 27.8 Å². The van der Waals surface area contributed by atoms with Gasteiger partial charge in [0.1, 0.15) is 18.0 Å². The van der Waals surface area contributed by atoms with Crippen LogP contribution in [0.2, 0.25) is 0 Å². The minimum atomic E-state index is -4.59. The largest absolute Gasteiger partial charge is 0.507 e. The first kappa shape index (κ1) is 29.3. The molecule has 0 spiro atoms. The SMILES string of the molecule is CCN1CCN(Cc2ccc(-n3c(C(=O)NCC(F)(F)F)nnc3-c3cc(C(C)C)c(OC)cc3O)cc2)CC1. The number of carbonyl (C=O) groups is 1. The van der Waals surface area contributed by atoms with Gasteiger partial charge in [-0.15, -0.1) is 10.2 Å². The van der Waals surface area contributed by atoms with Gasteiger partial charge in [-0.05, 0) is 41.8 Å². The number of aromatic nitrogens is 3. The van der Waals surface area contributed by atoms with Gasteiger partial charge in [-0.1, -0.05) is 32.9 Å². The Kier molecular flexibility index (Phi) is 8.99. The van der Waals surface area contributed by atoms with Gasteiger partial charge in [-0.3, -0.25) is 14.3 Å². The number of methoxy groups -OCH3 is 1. The normalized spacial score (nSPS) is 15.0. The standard InChI is InChI=1S/C28H35F3N6O3/c1-5-35-10-12-36(13-11-35)16-19-6-8-20(9-7-19)37-25(33-34-26(37)27(39)32-17-28(29,30)31)22-14-21(18(2)3)24(40-4)15-23(22)38/h6-9,14-15,18,38H,5,10-13,16-17H2,1-4H3,(H,32,39). The van der Waals surface area contributed by atoms with Gasteiger partial charge in [-0.25, -0.2) is 0 Å². The number of hydrogen-bond donors (Lipinski definition) is 2. The number of ether oxygens (including phenoxy) is 1. The van der Waals surface area contributed by atoms with Crippen molar-refractivity contribution in [1.82, 2.24) is 29.9 Å². The van der Waals surface area contributed by atoms with E-state index in [2.05, 4.69) is 26.9 Å². The Morgan fingerprint density at radius 2 is 1.73 bits per heavy atom. The van der Waals surface area contributed by atoms with Crippen LogP contribution in [0.4, 0.5) is 13.2 Å². The summed E-state index contributed by atoms with van der Waals surface area (Å²) in [6, 6.07) is 10.5. The van der Waals surface area contributed by atoms with Crippen LogP contribution in [0.1, 0.15) is 48.4 Å². The number of hydrogen-bond acceptors (Lipinski definition) is 7. The number of carbonyl (C=O) groups excluding carboxylic acids is 1. The van der Waals surface area contributed by atoms with Crippen LogP contribution < -0.4 is 10.1 Å². The van der Waals surface area contributed by atoms with Crippen molar-refractivity contribution in [3.05, 3.63) is 53.3 Å². The summed E-state index contributed by atoms with van der Waals surface area (Å²) >= 11 is 0. The van der Waals surface area contributed by atoms with Crippen LogP contribution in [-0.4, -0.2) is 88.1 Å². The Labute approximate surface area is 231 Å². The van der Waals surface area contributed by atoms with E-state index in [0.717, 1.165) is 50.4 Å². The second kappa shape index (κ2) is 12.3. The average Bonchev–Trinajstić information content (AvgIpc) is 3.36. The number of likely N-dealkylation sites (N-methyl/N-ethyl adjacent to an activating group) is 1. The fraction of sp³-hybridized carbons (Fsp3) is 0.464. The number of benzene rings is 2. The number of phenolic OH excluding ortho intramolecular Hbond substituents is 1. The van der Waals surface area contributed by atoms with Crippen LogP contribution in [0, 0.1) is 0 Å². The summed E-state index contributed by atoms with van der Waals surface area (Å²) in [7, 11) is 1.50. The van der Waals surface area contributed by atoms with Crippen LogP contribution in [-0.2, 0) is 6.54 Å². The molecule has 1 aromatic heterocycles. The molecule has 1 aliphatic rings. The number of rotatable bonds is 9. The molecule has 0 unspecified atom stereocenters. The van der Waals surface area contributed by atoms with E-state index >= 15 is 0 Å². The lowest BCUT2D eigenvalue weighted by Crippen LogP contribution is -2.45. The van der Waals surface area contributed by atoms with Crippen molar-refractivity contribution in [2.24, 2.45) is 0 Å². The van der Waals surface area contributed by atoms with E-state index in [0.29, 0.717) is 11.4 Å². The highest BCUT2D eigenvalue weighted by atomic mass is 19.4. The first-order valence-corrected chi connectivity index (χ1v) is 13.3. The average molecular weight is 561 g/mol. The van der Waals surface area contributed by atoms with Gasteiger partial charge in [0.05, 0.1) is 12.7 Å². The first-order valence-electron chi connectivity index (χ1n) is 13.3. The van der Waals surface area contributed by atoms with E-state index in [-0.39, 0.29) is 28.9 Å². The Morgan fingerprint density at radius 1 is 1.07 bits per heavy atom. The number of aromatic hydroxyl groups is 1. The predicted octanol–water partition coefficient (Wildman–Crippen LogP) is 4.20. The zero-order chi connectivity index (χ0) is 29.0. The maximum absolute atomic E-state index is 12.8. The molecule has 9 nitrogen and oxygen atoms in total. The van der Waals surface area contributed by atoms with E-state index in [1.54, 1.807) is 18.2 Å². The minimum Gasteiger partial charge on any atom is -0.507 e. The van der Waals surface area contributed by atoms with E-state index in [1.807, 2.05) is 31.3 Å². The number of alkyl halides is 3. The molecule has 3 aromatic rings. The first-order chi connectivity index (χ1) is 19.0. The number of phenols is 1. The number of amides is 1. The monoisotopic (exact) mass is 560 g/mol. The molecule has 4 rings (SSSR count). The van der Waals surface area contributed by atoms with Crippen LogP contribution in [0.25, 0.3) is 17.1 Å². The minimum absolute atomic E-state index is 0.0266. The fourth-order valence-electron chi connectivity index (χ4n) is 4.78. The molecule has 40 heavy (non-hydrogen) atoms. The molecule has 12 heteroatoms. The fourth-order valence-corrected chi connectivity index (χ4v) is 4.78. The van der Waals surface area contributed by atoms with Gasteiger partial charge in [0.15, 0.2) is 5.82 Å². The lowest BCUT2D eigenvalue weighted by atomic mass is 9.98. The van der Waals surface area contributed by atoms with Crippen molar-refractivity contribution >= 4 is 5.91 Å². The predicted molar refractivity (Wildman–Crippen MR) is 145 cm³/mol. The van der Waals surface area contributed by atoms with Crippen molar-refractivity contribution in [2.75, 3.05) is 46.4 Å². The molecule has 1 aliphatic heterocycles. The molecular formula is C28H35F3N6O3.